The van der Waals surface area contributed by atoms with Crippen LogP contribution in [0.5, 0.6) is 11.5 Å². The van der Waals surface area contributed by atoms with E-state index in [1.807, 2.05) is 32.9 Å². The molecule has 6 heteroatoms. The van der Waals surface area contributed by atoms with E-state index in [9.17, 15) is 4.79 Å². The number of rotatable bonds is 3. The first-order chi connectivity index (χ1) is 11.4. The van der Waals surface area contributed by atoms with Gasteiger partial charge in [-0.2, -0.15) is 0 Å². The molecule has 0 unspecified atom stereocenters. The van der Waals surface area contributed by atoms with Crippen LogP contribution in [-0.2, 0) is 0 Å². The van der Waals surface area contributed by atoms with E-state index in [1.165, 1.54) is 0 Å². The monoisotopic (exact) mass is 393 g/mol. The van der Waals surface area contributed by atoms with Crippen LogP contribution in [0.3, 0.4) is 0 Å². The molecular formula is C18H20BrNO4. The van der Waals surface area contributed by atoms with Gasteiger partial charge >= 0.3 is 0 Å². The predicted molar refractivity (Wildman–Crippen MR) is 93.9 cm³/mol. The lowest BCUT2D eigenvalue weighted by Gasteiger charge is -2.22. The fourth-order valence-corrected chi connectivity index (χ4v) is 3.55. The third-order valence-electron chi connectivity index (χ3n) is 4.26. The molecular weight excluding hydrogens is 374 g/mol. The van der Waals surface area contributed by atoms with Gasteiger partial charge in [0.05, 0.1) is 11.6 Å². The lowest BCUT2D eigenvalue weighted by Crippen LogP contribution is -2.28. The number of carbonyl (C=O) groups excluding carboxylic acids is 1. The number of benzene rings is 1. The lowest BCUT2D eigenvalue weighted by molar-refractivity contribution is 0.0937. The number of amides is 1. The molecule has 1 aliphatic rings. The summed E-state index contributed by atoms with van der Waals surface area (Å²) in [5.41, 5.74) is 2.41. The Morgan fingerprint density at radius 3 is 2.33 bits per heavy atom. The molecule has 0 radical (unpaired) electrons. The van der Waals surface area contributed by atoms with Crippen molar-refractivity contribution >= 4 is 21.8 Å². The Balaban J connectivity index is 1.84. The third-order valence-corrected chi connectivity index (χ3v) is 4.95. The van der Waals surface area contributed by atoms with Gasteiger partial charge < -0.3 is 19.2 Å². The maximum atomic E-state index is 12.6. The molecule has 5 nitrogen and oxygen atoms in total. The molecule has 1 N–H and O–H groups in total. The van der Waals surface area contributed by atoms with Gasteiger partial charge in [-0.25, -0.2) is 0 Å². The van der Waals surface area contributed by atoms with Gasteiger partial charge in [0.2, 0.25) is 0 Å². The molecule has 128 valence electrons. The smallest absolute Gasteiger partial charge is 0.255 e. The van der Waals surface area contributed by atoms with Crippen LogP contribution in [0.4, 0.5) is 0 Å². The van der Waals surface area contributed by atoms with Crippen LogP contribution in [0.1, 0.15) is 46.0 Å². The van der Waals surface area contributed by atoms with Crippen molar-refractivity contribution < 1.29 is 18.7 Å². The van der Waals surface area contributed by atoms with E-state index in [4.69, 9.17) is 13.9 Å². The maximum absolute atomic E-state index is 12.6. The van der Waals surface area contributed by atoms with Crippen molar-refractivity contribution in [2.45, 2.75) is 33.7 Å². The van der Waals surface area contributed by atoms with Crippen molar-refractivity contribution in [1.29, 1.82) is 0 Å². The summed E-state index contributed by atoms with van der Waals surface area (Å²) in [4.78, 5) is 12.6. The highest BCUT2D eigenvalue weighted by atomic mass is 79.9. The van der Waals surface area contributed by atoms with Crippen LogP contribution in [0.25, 0.3) is 0 Å². The van der Waals surface area contributed by atoms with Gasteiger partial charge in [-0.15, -0.1) is 0 Å². The summed E-state index contributed by atoms with van der Waals surface area (Å²) < 4.78 is 17.6. The largest absolute Gasteiger partial charge is 0.486 e. The quantitative estimate of drug-likeness (QED) is 0.847. The summed E-state index contributed by atoms with van der Waals surface area (Å²) in [6, 6.07) is 3.59. The molecule has 1 aromatic carbocycles. The Labute approximate surface area is 149 Å². The number of hydrogen-bond acceptors (Lipinski definition) is 4. The van der Waals surface area contributed by atoms with Crippen LogP contribution in [-0.4, -0.2) is 19.1 Å². The first kappa shape index (κ1) is 16.9. The Morgan fingerprint density at radius 2 is 1.75 bits per heavy atom. The topological polar surface area (TPSA) is 60.7 Å². The number of furan rings is 1. The molecule has 2 aromatic rings. The second-order valence-electron chi connectivity index (χ2n) is 5.93. The van der Waals surface area contributed by atoms with Crippen molar-refractivity contribution in [2.24, 2.45) is 0 Å². The van der Waals surface area contributed by atoms with Crippen LogP contribution in [0.2, 0.25) is 0 Å². The molecule has 2 heterocycles. The van der Waals surface area contributed by atoms with Gasteiger partial charge in [0.1, 0.15) is 24.7 Å². The standard InChI is InChI=1S/C18H20BrNO4/c1-9-11(3)24-12(4)17(9)18(21)20-10(2)13-7-15-16(8-14(13)19)23-6-5-22-15/h7-8,10H,5-6H2,1-4H3,(H,20,21)/t10-/m1/s1. The maximum Gasteiger partial charge on any atom is 0.255 e. The summed E-state index contributed by atoms with van der Waals surface area (Å²) in [5.74, 6) is 2.68. The minimum Gasteiger partial charge on any atom is -0.486 e. The second kappa shape index (κ2) is 6.51. The summed E-state index contributed by atoms with van der Waals surface area (Å²) in [5, 5.41) is 3.03. The molecule has 3 rings (SSSR count). The first-order valence-corrected chi connectivity index (χ1v) is 8.64. The molecule has 0 saturated carbocycles. The van der Waals surface area contributed by atoms with Crippen LogP contribution < -0.4 is 14.8 Å². The molecule has 1 amide bonds. The molecule has 1 aliphatic heterocycles. The molecule has 0 aliphatic carbocycles. The Hall–Kier alpha value is -1.95. The molecule has 0 saturated heterocycles. The average Bonchev–Trinajstić information content (AvgIpc) is 2.79. The van der Waals surface area contributed by atoms with E-state index in [2.05, 4.69) is 21.2 Å². The average molecular weight is 394 g/mol. The number of ether oxygens (including phenoxy) is 2. The predicted octanol–water partition coefficient (Wildman–Crippen LogP) is 4.23. The third kappa shape index (κ3) is 3.02. The molecule has 0 spiro atoms. The second-order valence-corrected chi connectivity index (χ2v) is 6.78. The molecule has 1 atom stereocenters. The Bertz CT molecular complexity index is 797. The van der Waals surface area contributed by atoms with Crippen molar-refractivity contribution in [1.82, 2.24) is 5.32 Å². The Morgan fingerprint density at radius 1 is 1.12 bits per heavy atom. The molecule has 0 fully saturated rings. The van der Waals surface area contributed by atoms with Crippen molar-refractivity contribution in [3.05, 3.63) is 44.8 Å². The molecule has 24 heavy (non-hydrogen) atoms. The molecule has 1 aromatic heterocycles. The summed E-state index contributed by atoms with van der Waals surface area (Å²) >= 11 is 3.55. The highest BCUT2D eigenvalue weighted by Gasteiger charge is 2.23. The van der Waals surface area contributed by atoms with Crippen molar-refractivity contribution in [2.75, 3.05) is 13.2 Å². The van der Waals surface area contributed by atoms with Gasteiger partial charge in [0, 0.05) is 10.0 Å². The minimum atomic E-state index is -0.197. The SMILES string of the molecule is Cc1oc(C)c(C(=O)N[C@H](C)c2cc3c(cc2Br)OCCO3)c1C. The lowest BCUT2D eigenvalue weighted by atomic mass is 10.1. The van der Waals surface area contributed by atoms with Crippen LogP contribution in [0, 0.1) is 20.8 Å². The van der Waals surface area contributed by atoms with Gasteiger partial charge in [-0.05, 0) is 45.4 Å². The van der Waals surface area contributed by atoms with Crippen LogP contribution in [0.15, 0.2) is 21.0 Å². The highest BCUT2D eigenvalue weighted by molar-refractivity contribution is 9.10. The van der Waals surface area contributed by atoms with E-state index in [1.54, 1.807) is 6.92 Å². The highest BCUT2D eigenvalue weighted by Crippen LogP contribution is 2.38. The zero-order valence-electron chi connectivity index (χ0n) is 14.2. The number of hydrogen-bond donors (Lipinski definition) is 1. The summed E-state index contributed by atoms with van der Waals surface area (Å²) in [7, 11) is 0. The van der Waals surface area contributed by atoms with E-state index in [0.29, 0.717) is 36.0 Å². The summed E-state index contributed by atoms with van der Waals surface area (Å²) in [6.45, 7) is 8.57. The minimum absolute atomic E-state index is 0.142. The first-order valence-electron chi connectivity index (χ1n) is 7.85. The van der Waals surface area contributed by atoms with Gasteiger partial charge in [-0.1, -0.05) is 15.9 Å². The van der Waals surface area contributed by atoms with Crippen molar-refractivity contribution in [3.63, 3.8) is 0 Å². The van der Waals surface area contributed by atoms with Crippen LogP contribution >= 0.6 is 15.9 Å². The van der Waals surface area contributed by atoms with E-state index in [-0.39, 0.29) is 11.9 Å². The van der Waals surface area contributed by atoms with E-state index >= 15 is 0 Å². The van der Waals surface area contributed by atoms with E-state index in [0.717, 1.165) is 21.4 Å². The zero-order chi connectivity index (χ0) is 17.4. The number of halogens is 1. The molecule has 0 bridgehead atoms. The fraction of sp³-hybridized carbons (Fsp3) is 0.389. The fourth-order valence-electron chi connectivity index (χ4n) is 2.89. The summed E-state index contributed by atoms with van der Waals surface area (Å²) in [6.07, 6.45) is 0. The van der Waals surface area contributed by atoms with Gasteiger partial charge in [0.15, 0.2) is 11.5 Å². The zero-order valence-corrected chi connectivity index (χ0v) is 15.7. The Kier molecular flexibility index (Phi) is 4.58. The van der Waals surface area contributed by atoms with Gasteiger partial charge in [-0.3, -0.25) is 4.79 Å². The normalized spacial score (nSPS) is 14.4. The number of nitrogens with one attached hydrogen (secondary N) is 1. The number of aryl methyl sites for hydroxylation is 2. The van der Waals surface area contributed by atoms with Crippen molar-refractivity contribution in [3.8, 4) is 11.5 Å². The number of carbonyl (C=O) groups is 1. The van der Waals surface area contributed by atoms with E-state index < -0.39 is 0 Å². The number of fused-ring (bicyclic) bond motifs is 1. The van der Waals surface area contributed by atoms with Gasteiger partial charge in [0.25, 0.3) is 5.91 Å².